The van der Waals surface area contributed by atoms with Crippen LogP contribution < -0.4 is 14.8 Å². The molecule has 0 aromatic heterocycles. The van der Waals surface area contributed by atoms with Crippen molar-refractivity contribution in [2.45, 2.75) is 31.9 Å². The van der Waals surface area contributed by atoms with E-state index in [9.17, 15) is 18.4 Å². The summed E-state index contributed by atoms with van der Waals surface area (Å²) in [7, 11) is 1.50. The van der Waals surface area contributed by atoms with Crippen LogP contribution in [0.4, 0.5) is 8.78 Å². The molecule has 0 aliphatic rings. The molecule has 1 aromatic rings. The first-order chi connectivity index (χ1) is 10.3. The number of hydrogen-bond acceptors (Lipinski definition) is 4. The summed E-state index contributed by atoms with van der Waals surface area (Å²) in [6.07, 6.45) is -4.83. The van der Waals surface area contributed by atoms with E-state index in [1.807, 2.05) is 5.32 Å². The van der Waals surface area contributed by atoms with Gasteiger partial charge in [0.15, 0.2) is 6.10 Å². The number of carbonyl (C=O) groups is 2. The SMILES string of the molecule is COc1ccc(OC(C)C(=O)NC(CC(F)F)C(=O)O)cc1. The molecule has 0 bridgehead atoms. The van der Waals surface area contributed by atoms with E-state index >= 15 is 0 Å². The molecule has 0 saturated carbocycles. The summed E-state index contributed by atoms with van der Waals surface area (Å²) in [6, 6.07) is 4.72. The van der Waals surface area contributed by atoms with Crippen LogP contribution in [0.1, 0.15) is 13.3 Å². The van der Waals surface area contributed by atoms with Gasteiger partial charge in [-0.25, -0.2) is 13.6 Å². The number of rotatable bonds is 8. The number of carboxylic acid groups (broad SMARTS) is 1. The van der Waals surface area contributed by atoms with Crippen molar-refractivity contribution in [1.82, 2.24) is 5.32 Å². The number of methoxy groups -OCH3 is 1. The highest BCUT2D eigenvalue weighted by molar-refractivity contribution is 5.86. The van der Waals surface area contributed by atoms with Crippen molar-refractivity contribution in [3.8, 4) is 11.5 Å². The Morgan fingerprint density at radius 2 is 1.77 bits per heavy atom. The Morgan fingerprint density at radius 1 is 1.23 bits per heavy atom. The molecule has 0 aliphatic heterocycles. The van der Waals surface area contributed by atoms with Crippen LogP contribution in [0.5, 0.6) is 11.5 Å². The van der Waals surface area contributed by atoms with Crippen molar-refractivity contribution >= 4 is 11.9 Å². The Labute approximate surface area is 126 Å². The predicted molar refractivity (Wildman–Crippen MR) is 73.3 cm³/mol. The third-order valence-electron chi connectivity index (χ3n) is 2.77. The molecule has 0 aliphatic carbocycles. The van der Waals surface area contributed by atoms with E-state index in [1.165, 1.54) is 14.0 Å². The van der Waals surface area contributed by atoms with Crippen molar-refractivity contribution in [2.24, 2.45) is 0 Å². The number of carboxylic acids is 1. The molecule has 2 atom stereocenters. The Kier molecular flexibility index (Phi) is 6.55. The van der Waals surface area contributed by atoms with Gasteiger partial charge in [0.05, 0.1) is 7.11 Å². The number of carbonyl (C=O) groups excluding carboxylic acids is 1. The van der Waals surface area contributed by atoms with Gasteiger partial charge in [-0.2, -0.15) is 0 Å². The molecule has 8 heteroatoms. The quantitative estimate of drug-likeness (QED) is 0.762. The van der Waals surface area contributed by atoms with Gasteiger partial charge in [-0.05, 0) is 31.2 Å². The van der Waals surface area contributed by atoms with E-state index in [0.717, 1.165) is 0 Å². The standard InChI is InChI=1S/C14H17F2NO5/c1-8(22-10-5-3-9(21-2)4-6-10)13(18)17-11(14(19)20)7-12(15)16/h3-6,8,11-12H,7H2,1-2H3,(H,17,18)(H,19,20). The van der Waals surface area contributed by atoms with Crippen LogP contribution in [0.3, 0.4) is 0 Å². The lowest BCUT2D eigenvalue weighted by Crippen LogP contribution is -2.47. The number of halogens is 2. The third-order valence-corrected chi connectivity index (χ3v) is 2.77. The minimum absolute atomic E-state index is 0.365. The summed E-state index contributed by atoms with van der Waals surface area (Å²) < 4.78 is 34.8. The maximum atomic E-state index is 12.3. The fourth-order valence-corrected chi connectivity index (χ4v) is 1.60. The highest BCUT2D eigenvalue weighted by Crippen LogP contribution is 2.18. The second-order valence-corrected chi connectivity index (χ2v) is 4.46. The maximum absolute atomic E-state index is 12.3. The van der Waals surface area contributed by atoms with Crippen LogP contribution in [0.2, 0.25) is 0 Å². The topological polar surface area (TPSA) is 84.9 Å². The van der Waals surface area contributed by atoms with Gasteiger partial charge in [0.1, 0.15) is 17.5 Å². The minimum Gasteiger partial charge on any atom is -0.497 e. The second-order valence-electron chi connectivity index (χ2n) is 4.46. The summed E-state index contributed by atoms with van der Waals surface area (Å²) in [5, 5.41) is 10.8. The number of alkyl halides is 2. The number of hydrogen-bond donors (Lipinski definition) is 2. The molecule has 2 N–H and O–H groups in total. The van der Waals surface area contributed by atoms with E-state index in [-0.39, 0.29) is 0 Å². The highest BCUT2D eigenvalue weighted by atomic mass is 19.3. The molecule has 2 unspecified atom stereocenters. The maximum Gasteiger partial charge on any atom is 0.326 e. The number of benzene rings is 1. The lowest BCUT2D eigenvalue weighted by molar-refractivity contribution is -0.144. The van der Waals surface area contributed by atoms with Gasteiger partial charge >= 0.3 is 5.97 Å². The van der Waals surface area contributed by atoms with Crippen LogP contribution in [0.15, 0.2) is 24.3 Å². The van der Waals surface area contributed by atoms with Crippen molar-refractivity contribution < 1.29 is 33.0 Å². The molecule has 122 valence electrons. The average molecular weight is 317 g/mol. The lowest BCUT2D eigenvalue weighted by atomic mass is 10.2. The van der Waals surface area contributed by atoms with E-state index in [1.54, 1.807) is 24.3 Å². The van der Waals surface area contributed by atoms with E-state index in [4.69, 9.17) is 14.6 Å². The molecule has 1 amide bonds. The van der Waals surface area contributed by atoms with Crippen LogP contribution in [-0.2, 0) is 9.59 Å². The Hall–Kier alpha value is -2.38. The number of amides is 1. The monoisotopic (exact) mass is 317 g/mol. The lowest BCUT2D eigenvalue weighted by Gasteiger charge is -2.18. The van der Waals surface area contributed by atoms with E-state index in [2.05, 4.69) is 0 Å². The molecule has 1 rings (SSSR count). The summed E-state index contributed by atoms with van der Waals surface area (Å²) in [6.45, 7) is 1.39. The summed E-state index contributed by atoms with van der Waals surface area (Å²) in [5.41, 5.74) is 0. The Balaban J connectivity index is 2.61. The molecule has 0 saturated heterocycles. The highest BCUT2D eigenvalue weighted by Gasteiger charge is 2.26. The number of nitrogens with one attached hydrogen (secondary N) is 1. The zero-order chi connectivity index (χ0) is 16.7. The Morgan fingerprint density at radius 3 is 2.23 bits per heavy atom. The first-order valence-corrected chi connectivity index (χ1v) is 6.45. The molecular weight excluding hydrogens is 300 g/mol. The largest absolute Gasteiger partial charge is 0.497 e. The smallest absolute Gasteiger partial charge is 0.326 e. The second kappa shape index (κ2) is 8.16. The molecule has 0 heterocycles. The van der Waals surface area contributed by atoms with Gasteiger partial charge in [0, 0.05) is 6.42 Å². The van der Waals surface area contributed by atoms with Gasteiger partial charge in [0.2, 0.25) is 6.43 Å². The fraction of sp³-hybridized carbons (Fsp3) is 0.429. The molecule has 22 heavy (non-hydrogen) atoms. The molecule has 0 fully saturated rings. The molecule has 0 spiro atoms. The fourth-order valence-electron chi connectivity index (χ4n) is 1.60. The Bertz CT molecular complexity index is 506. The first kappa shape index (κ1) is 17.7. The zero-order valence-electron chi connectivity index (χ0n) is 12.1. The van der Waals surface area contributed by atoms with Crippen LogP contribution in [0.25, 0.3) is 0 Å². The molecule has 0 radical (unpaired) electrons. The van der Waals surface area contributed by atoms with Gasteiger partial charge in [-0.3, -0.25) is 4.79 Å². The third kappa shape index (κ3) is 5.55. The summed E-state index contributed by atoms with van der Waals surface area (Å²) in [4.78, 5) is 22.6. The van der Waals surface area contributed by atoms with Gasteiger partial charge in [0.25, 0.3) is 5.91 Å². The van der Waals surface area contributed by atoms with Crippen LogP contribution >= 0.6 is 0 Å². The van der Waals surface area contributed by atoms with Crippen molar-refractivity contribution in [3.63, 3.8) is 0 Å². The minimum atomic E-state index is -2.83. The zero-order valence-corrected chi connectivity index (χ0v) is 12.1. The van der Waals surface area contributed by atoms with E-state index in [0.29, 0.717) is 11.5 Å². The summed E-state index contributed by atoms with van der Waals surface area (Å²) >= 11 is 0. The summed E-state index contributed by atoms with van der Waals surface area (Å²) in [5.74, 6) is -1.34. The van der Waals surface area contributed by atoms with E-state index < -0.39 is 36.9 Å². The van der Waals surface area contributed by atoms with Crippen molar-refractivity contribution in [2.75, 3.05) is 7.11 Å². The van der Waals surface area contributed by atoms with Gasteiger partial charge < -0.3 is 19.9 Å². The van der Waals surface area contributed by atoms with Crippen LogP contribution in [-0.4, -0.2) is 42.7 Å². The molecule has 1 aromatic carbocycles. The molecule has 6 nitrogen and oxygen atoms in total. The number of ether oxygens (including phenoxy) is 2. The predicted octanol–water partition coefficient (Wildman–Crippen LogP) is 1.69. The van der Waals surface area contributed by atoms with Crippen molar-refractivity contribution in [3.05, 3.63) is 24.3 Å². The average Bonchev–Trinajstić information content (AvgIpc) is 2.46. The first-order valence-electron chi connectivity index (χ1n) is 6.45. The van der Waals surface area contributed by atoms with Crippen molar-refractivity contribution in [1.29, 1.82) is 0 Å². The number of aliphatic carboxylic acids is 1. The normalized spacial score (nSPS) is 13.3. The molecular formula is C14H17F2NO5. The van der Waals surface area contributed by atoms with Gasteiger partial charge in [-0.1, -0.05) is 0 Å². The van der Waals surface area contributed by atoms with Crippen LogP contribution in [0, 0.1) is 0 Å². The van der Waals surface area contributed by atoms with Gasteiger partial charge in [-0.15, -0.1) is 0 Å².